The van der Waals surface area contributed by atoms with Crippen LogP contribution in [0.4, 0.5) is 23.2 Å². The standard InChI is InChI=1S/C24H24F4N2S/c1-17-13-21(25)22(14-23(17)31-16-24(26,27)28)30-11-9-29(10-12-30)15-19-7-4-6-18-5-2-3-8-20(18)19/h2-8,13-14H,9-12,15-16H2,1H3. The lowest BCUT2D eigenvalue weighted by molar-refractivity contribution is -0.105. The largest absolute Gasteiger partial charge is 0.398 e. The fourth-order valence-corrected chi connectivity index (χ4v) is 4.82. The number of rotatable bonds is 5. The summed E-state index contributed by atoms with van der Waals surface area (Å²) in [5.74, 6) is -1.35. The number of piperazine rings is 1. The molecule has 0 aliphatic carbocycles. The normalized spacial score (nSPS) is 15.6. The quantitative estimate of drug-likeness (QED) is 0.336. The van der Waals surface area contributed by atoms with Gasteiger partial charge in [-0.2, -0.15) is 13.2 Å². The lowest BCUT2D eigenvalue weighted by Gasteiger charge is -2.36. The zero-order valence-corrected chi connectivity index (χ0v) is 18.1. The number of nitrogens with zero attached hydrogens (tertiary/aromatic N) is 2. The van der Waals surface area contributed by atoms with Gasteiger partial charge in [0.2, 0.25) is 0 Å². The van der Waals surface area contributed by atoms with Gasteiger partial charge in [-0.15, -0.1) is 11.8 Å². The van der Waals surface area contributed by atoms with Crippen LogP contribution in [0.5, 0.6) is 0 Å². The van der Waals surface area contributed by atoms with Crippen LogP contribution in [0.2, 0.25) is 0 Å². The van der Waals surface area contributed by atoms with Crippen molar-refractivity contribution in [3.8, 4) is 0 Å². The molecule has 2 nitrogen and oxygen atoms in total. The maximum atomic E-state index is 14.6. The van der Waals surface area contributed by atoms with Gasteiger partial charge in [-0.3, -0.25) is 4.90 Å². The highest BCUT2D eigenvalue weighted by atomic mass is 32.2. The Labute approximate surface area is 183 Å². The summed E-state index contributed by atoms with van der Waals surface area (Å²) in [7, 11) is 0. The molecule has 0 N–H and O–H groups in total. The molecule has 0 unspecified atom stereocenters. The first kappa shape index (κ1) is 22.0. The molecule has 7 heteroatoms. The predicted octanol–water partition coefficient (Wildman–Crippen LogP) is 6.26. The lowest BCUT2D eigenvalue weighted by Crippen LogP contribution is -2.46. The molecule has 164 valence electrons. The number of halogens is 4. The molecule has 1 saturated heterocycles. The number of aryl methyl sites for hydroxylation is 1. The minimum Gasteiger partial charge on any atom is -0.367 e. The minimum atomic E-state index is -4.25. The van der Waals surface area contributed by atoms with Crippen molar-refractivity contribution in [1.82, 2.24) is 4.90 Å². The van der Waals surface area contributed by atoms with Gasteiger partial charge in [0, 0.05) is 37.6 Å². The van der Waals surface area contributed by atoms with Crippen molar-refractivity contribution in [2.75, 3.05) is 36.8 Å². The number of fused-ring (bicyclic) bond motifs is 1. The van der Waals surface area contributed by atoms with Crippen LogP contribution in [0.15, 0.2) is 59.5 Å². The summed E-state index contributed by atoms with van der Waals surface area (Å²) in [5.41, 5.74) is 2.18. The number of alkyl halides is 3. The van der Waals surface area contributed by atoms with Gasteiger partial charge < -0.3 is 4.90 Å². The van der Waals surface area contributed by atoms with Crippen LogP contribution in [0.1, 0.15) is 11.1 Å². The third-order valence-electron chi connectivity index (χ3n) is 5.62. The van der Waals surface area contributed by atoms with Crippen molar-refractivity contribution in [2.45, 2.75) is 24.5 Å². The second-order valence-electron chi connectivity index (χ2n) is 7.87. The van der Waals surface area contributed by atoms with Crippen LogP contribution >= 0.6 is 11.8 Å². The third kappa shape index (κ3) is 5.33. The van der Waals surface area contributed by atoms with E-state index in [0.29, 0.717) is 41.0 Å². The Morgan fingerprint density at radius 3 is 2.39 bits per heavy atom. The van der Waals surface area contributed by atoms with E-state index in [1.807, 2.05) is 17.0 Å². The van der Waals surface area contributed by atoms with E-state index in [1.54, 1.807) is 13.0 Å². The van der Waals surface area contributed by atoms with E-state index in [-0.39, 0.29) is 5.82 Å². The van der Waals surface area contributed by atoms with Crippen LogP contribution in [0.25, 0.3) is 10.8 Å². The molecule has 1 fully saturated rings. The van der Waals surface area contributed by atoms with Gasteiger partial charge in [0.15, 0.2) is 0 Å². The third-order valence-corrected chi connectivity index (χ3v) is 6.85. The number of hydrogen-bond acceptors (Lipinski definition) is 3. The second-order valence-corrected chi connectivity index (χ2v) is 8.89. The summed E-state index contributed by atoms with van der Waals surface area (Å²) in [4.78, 5) is 4.75. The first-order valence-corrected chi connectivity index (χ1v) is 11.2. The van der Waals surface area contributed by atoms with E-state index >= 15 is 0 Å². The van der Waals surface area contributed by atoms with Crippen LogP contribution in [-0.4, -0.2) is 43.0 Å². The highest BCUT2D eigenvalue weighted by Crippen LogP contribution is 2.34. The molecule has 3 aromatic rings. The molecule has 0 radical (unpaired) electrons. The van der Waals surface area contributed by atoms with Crippen molar-refractivity contribution in [3.05, 3.63) is 71.5 Å². The lowest BCUT2D eigenvalue weighted by atomic mass is 10.0. The van der Waals surface area contributed by atoms with Gasteiger partial charge >= 0.3 is 6.18 Å². The Morgan fingerprint density at radius 1 is 0.935 bits per heavy atom. The highest BCUT2D eigenvalue weighted by Gasteiger charge is 2.28. The SMILES string of the molecule is Cc1cc(F)c(N2CCN(Cc3cccc4ccccc34)CC2)cc1SCC(F)(F)F. The van der Waals surface area contributed by atoms with E-state index in [9.17, 15) is 17.6 Å². The Morgan fingerprint density at radius 2 is 1.65 bits per heavy atom. The monoisotopic (exact) mass is 448 g/mol. The van der Waals surface area contributed by atoms with Crippen LogP contribution < -0.4 is 4.90 Å². The first-order chi connectivity index (χ1) is 14.8. The van der Waals surface area contributed by atoms with Gasteiger partial charge in [0.1, 0.15) is 5.82 Å². The maximum Gasteiger partial charge on any atom is 0.398 e. The van der Waals surface area contributed by atoms with E-state index in [2.05, 4.69) is 35.2 Å². The molecule has 0 saturated carbocycles. The summed E-state index contributed by atoms with van der Waals surface area (Å²) in [5, 5.41) is 2.45. The molecule has 0 bridgehead atoms. The molecule has 1 heterocycles. The summed E-state index contributed by atoms with van der Waals surface area (Å²) in [6.45, 7) is 5.26. The van der Waals surface area contributed by atoms with E-state index in [0.717, 1.165) is 19.6 Å². The summed E-state index contributed by atoms with van der Waals surface area (Å²) in [6, 6.07) is 17.5. The summed E-state index contributed by atoms with van der Waals surface area (Å²) in [6.07, 6.45) is -4.25. The van der Waals surface area contributed by atoms with Crippen LogP contribution in [-0.2, 0) is 6.54 Å². The van der Waals surface area contributed by atoms with Gasteiger partial charge in [-0.1, -0.05) is 42.5 Å². The van der Waals surface area contributed by atoms with Crippen molar-refractivity contribution < 1.29 is 17.6 Å². The molecule has 1 aliphatic rings. The molecule has 3 aromatic carbocycles. The highest BCUT2D eigenvalue weighted by molar-refractivity contribution is 7.99. The molecule has 31 heavy (non-hydrogen) atoms. The molecule has 0 aromatic heterocycles. The van der Waals surface area contributed by atoms with Crippen molar-refractivity contribution >= 4 is 28.2 Å². The summed E-state index contributed by atoms with van der Waals surface area (Å²) < 4.78 is 52.5. The van der Waals surface area contributed by atoms with Crippen LogP contribution in [0.3, 0.4) is 0 Å². The van der Waals surface area contributed by atoms with E-state index < -0.39 is 11.9 Å². The molecule has 0 atom stereocenters. The average Bonchev–Trinajstić information content (AvgIpc) is 2.73. The van der Waals surface area contributed by atoms with E-state index in [4.69, 9.17) is 0 Å². The Balaban J connectivity index is 1.43. The topological polar surface area (TPSA) is 6.48 Å². The first-order valence-electron chi connectivity index (χ1n) is 10.2. The number of benzene rings is 3. The summed E-state index contributed by atoms with van der Waals surface area (Å²) >= 11 is 0.716. The number of hydrogen-bond donors (Lipinski definition) is 0. The predicted molar refractivity (Wildman–Crippen MR) is 119 cm³/mol. The van der Waals surface area contributed by atoms with Crippen molar-refractivity contribution in [3.63, 3.8) is 0 Å². The zero-order valence-electron chi connectivity index (χ0n) is 17.3. The Hall–Kier alpha value is -2.25. The van der Waals surface area contributed by atoms with E-state index in [1.165, 1.54) is 22.4 Å². The zero-order chi connectivity index (χ0) is 22.0. The molecule has 0 spiro atoms. The number of anilines is 1. The maximum absolute atomic E-state index is 14.6. The molecular formula is C24H24F4N2S. The van der Waals surface area contributed by atoms with Gasteiger partial charge in [0.05, 0.1) is 11.4 Å². The fraction of sp³-hybridized carbons (Fsp3) is 0.333. The number of thioether (sulfide) groups is 1. The molecule has 1 aliphatic heterocycles. The molecule has 4 rings (SSSR count). The minimum absolute atomic E-state index is 0.378. The van der Waals surface area contributed by atoms with Crippen molar-refractivity contribution in [1.29, 1.82) is 0 Å². The molecular weight excluding hydrogens is 424 g/mol. The second kappa shape index (κ2) is 9.09. The fourth-order valence-electron chi connectivity index (χ4n) is 4.02. The van der Waals surface area contributed by atoms with Gasteiger partial charge in [-0.25, -0.2) is 4.39 Å². The van der Waals surface area contributed by atoms with Gasteiger partial charge in [-0.05, 0) is 41.0 Å². The average molecular weight is 449 g/mol. The van der Waals surface area contributed by atoms with Crippen LogP contribution in [0, 0.1) is 12.7 Å². The Bertz CT molecular complexity index is 1050. The Kier molecular flexibility index (Phi) is 6.44. The smallest absolute Gasteiger partial charge is 0.367 e. The van der Waals surface area contributed by atoms with Crippen molar-refractivity contribution in [2.24, 2.45) is 0 Å². The molecule has 0 amide bonds. The van der Waals surface area contributed by atoms with Gasteiger partial charge in [0.25, 0.3) is 0 Å².